The maximum absolute atomic E-state index is 13.0. The molecule has 1 amide bonds. The number of pyridine rings is 1. The number of piperidine rings is 1. The van der Waals surface area contributed by atoms with Gasteiger partial charge in [-0.05, 0) is 49.7 Å². The van der Waals surface area contributed by atoms with Crippen LogP contribution in [0.3, 0.4) is 0 Å². The number of fused-ring (bicyclic) bond motifs is 1. The molecule has 0 atom stereocenters. The van der Waals surface area contributed by atoms with E-state index in [4.69, 9.17) is 0 Å². The third kappa shape index (κ3) is 3.00. The molecule has 128 valence electrons. The van der Waals surface area contributed by atoms with Crippen LogP contribution in [0.25, 0.3) is 10.9 Å². The monoisotopic (exact) mass is 335 g/mol. The molecule has 1 saturated heterocycles. The van der Waals surface area contributed by atoms with Crippen LogP contribution in [-0.2, 0) is 16.9 Å². The summed E-state index contributed by atoms with van der Waals surface area (Å²) in [4.78, 5) is 17.5. The van der Waals surface area contributed by atoms with Gasteiger partial charge in [0, 0.05) is 30.5 Å². The van der Waals surface area contributed by atoms with Gasteiger partial charge in [-0.2, -0.15) is 5.10 Å². The highest BCUT2D eigenvalue weighted by Gasteiger charge is 2.41. The van der Waals surface area contributed by atoms with Crippen molar-refractivity contribution in [2.24, 2.45) is 0 Å². The van der Waals surface area contributed by atoms with E-state index in [1.807, 2.05) is 47.4 Å². The molecule has 4 rings (SSSR count). The maximum atomic E-state index is 13.0. The first kappa shape index (κ1) is 15.8. The Morgan fingerprint density at radius 2 is 2.08 bits per heavy atom. The van der Waals surface area contributed by atoms with E-state index in [1.165, 1.54) is 0 Å². The topological polar surface area (TPSA) is 71.8 Å². The molecule has 0 radical (unpaired) electrons. The molecule has 6 heteroatoms. The molecule has 0 unspecified atom stereocenters. The van der Waals surface area contributed by atoms with Crippen LogP contribution in [0.2, 0.25) is 0 Å². The molecular formula is C19H21N5O. The summed E-state index contributed by atoms with van der Waals surface area (Å²) in [6.45, 7) is 2.09. The second-order valence-corrected chi connectivity index (χ2v) is 6.45. The lowest BCUT2D eigenvalue weighted by Gasteiger charge is -2.36. The number of hydrogen-bond donors (Lipinski definition) is 2. The standard InChI is InChI=1S/C19H21N5O/c25-18(19(6-9-20-10-7-19)24-11-3-8-23-24)22-14-15-12-16-4-1-2-5-17(16)21-13-15/h1-5,8,11-13,20H,6-7,9-10,14H2,(H,22,25). The van der Waals surface area contributed by atoms with Gasteiger partial charge in [-0.15, -0.1) is 0 Å². The molecule has 3 heterocycles. The van der Waals surface area contributed by atoms with Crippen molar-refractivity contribution in [3.05, 3.63) is 60.6 Å². The fraction of sp³-hybridized carbons (Fsp3) is 0.316. The highest BCUT2D eigenvalue weighted by Crippen LogP contribution is 2.27. The largest absolute Gasteiger partial charge is 0.350 e. The molecule has 0 spiro atoms. The molecule has 2 aromatic heterocycles. The first-order valence-corrected chi connectivity index (χ1v) is 8.61. The summed E-state index contributed by atoms with van der Waals surface area (Å²) in [5, 5.41) is 11.8. The van der Waals surface area contributed by atoms with Crippen LogP contribution in [-0.4, -0.2) is 33.8 Å². The van der Waals surface area contributed by atoms with Crippen molar-refractivity contribution in [2.75, 3.05) is 13.1 Å². The Bertz CT molecular complexity index is 868. The van der Waals surface area contributed by atoms with Gasteiger partial charge in [0.2, 0.25) is 5.91 Å². The van der Waals surface area contributed by atoms with Gasteiger partial charge < -0.3 is 10.6 Å². The number of carbonyl (C=O) groups is 1. The fourth-order valence-corrected chi connectivity index (χ4v) is 3.48. The van der Waals surface area contributed by atoms with Crippen LogP contribution in [0.4, 0.5) is 0 Å². The number of nitrogens with one attached hydrogen (secondary N) is 2. The van der Waals surface area contributed by atoms with Crippen molar-refractivity contribution < 1.29 is 4.79 Å². The van der Waals surface area contributed by atoms with E-state index in [0.29, 0.717) is 6.54 Å². The first-order valence-electron chi connectivity index (χ1n) is 8.61. The minimum atomic E-state index is -0.612. The van der Waals surface area contributed by atoms with Crippen molar-refractivity contribution in [3.63, 3.8) is 0 Å². The number of benzene rings is 1. The number of nitrogens with zero attached hydrogens (tertiary/aromatic N) is 3. The Kier molecular flexibility index (Phi) is 4.19. The molecule has 6 nitrogen and oxygen atoms in total. The molecule has 3 aromatic rings. The van der Waals surface area contributed by atoms with Crippen molar-refractivity contribution in [3.8, 4) is 0 Å². The van der Waals surface area contributed by atoms with Gasteiger partial charge in [0.15, 0.2) is 0 Å². The lowest BCUT2D eigenvalue weighted by Crippen LogP contribution is -2.54. The Hall–Kier alpha value is -2.73. The summed E-state index contributed by atoms with van der Waals surface area (Å²) in [5.41, 5.74) is 1.35. The van der Waals surface area contributed by atoms with Crippen LogP contribution in [0.5, 0.6) is 0 Å². The van der Waals surface area contributed by atoms with Crippen LogP contribution in [0.1, 0.15) is 18.4 Å². The summed E-state index contributed by atoms with van der Waals surface area (Å²) in [6.07, 6.45) is 6.89. The average molecular weight is 335 g/mol. The van der Waals surface area contributed by atoms with Gasteiger partial charge in [-0.25, -0.2) is 0 Å². The highest BCUT2D eigenvalue weighted by atomic mass is 16.2. The number of hydrogen-bond acceptors (Lipinski definition) is 4. The molecule has 1 aliphatic rings. The third-order valence-corrected chi connectivity index (χ3v) is 4.90. The molecule has 0 saturated carbocycles. The Balaban J connectivity index is 1.53. The Morgan fingerprint density at radius 3 is 2.88 bits per heavy atom. The SMILES string of the molecule is O=C(NCc1cnc2ccccc2c1)C1(n2cccn2)CCNCC1. The van der Waals surface area contributed by atoms with E-state index in [1.54, 1.807) is 6.20 Å². The Morgan fingerprint density at radius 1 is 1.24 bits per heavy atom. The van der Waals surface area contributed by atoms with E-state index in [-0.39, 0.29) is 5.91 Å². The number of aromatic nitrogens is 3. The second-order valence-electron chi connectivity index (χ2n) is 6.45. The zero-order valence-electron chi connectivity index (χ0n) is 14.0. The van der Waals surface area contributed by atoms with Crippen molar-refractivity contribution in [1.29, 1.82) is 0 Å². The van der Waals surface area contributed by atoms with Crippen LogP contribution in [0.15, 0.2) is 55.0 Å². The van der Waals surface area contributed by atoms with E-state index < -0.39 is 5.54 Å². The minimum Gasteiger partial charge on any atom is -0.350 e. The lowest BCUT2D eigenvalue weighted by atomic mass is 9.87. The third-order valence-electron chi connectivity index (χ3n) is 4.90. The number of para-hydroxylation sites is 1. The van der Waals surface area contributed by atoms with Gasteiger partial charge in [0.05, 0.1) is 5.52 Å². The smallest absolute Gasteiger partial charge is 0.248 e. The van der Waals surface area contributed by atoms with Crippen LogP contribution < -0.4 is 10.6 Å². The summed E-state index contributed by atoms with van der Waals surface area (Å²) in [5.74, 6) is 0.0193. The second kappa shape index (κ2) is 6.64. The zero-order valence-corrected chi connectivity index (χ0v) is 14.0. The van der Waals surface area contributed by atoms with Crippen molar-refractivity contribution in [2.45, 2.75) is 24.9 Å². The van der Waals surface area contributed by atoms with Gasteiger partial charge in [0.1, 0.15) is 5.54 Å². The van der Waals surface area contributed by atoms with Gasteiger partial charge >= 0.3 is 0 Å². The molecule has 2 N–H and O–H groups in total. The maximum Gasteiger partial charge on any atom is 0.248 e. The van der Waals surface area contributed by atoms with Crippen molar-refractivity contribution in [1.82, 2.24) is 25.4 Å². The van der Waals surface area contributed by atoms with Gasteiger partial charge in [0.25, 0.3) is 0 Å². The molecule has 0 aliphatic carbocycles. The zero-order chi connectivity index (χ0) is 17.1. The summed E-state index contributed by atoms with van der Waals surface area (Å²) in [6, 6.07) is 11.9. The van der Waals surface area contributed by atoms with Crippen LogP contribution >= 0.6 is 0 Å². The first-order chi connectivity index (χ1) is 12.3. The van der Waals surface area contributed by atoms with E-state index in [0.717, 1.165) is 42.4 Å². The normalized spacial score (nSPS) is 16.6. The minimum absolute atomic E-state index is 0.0193. The van der Waals surface area contributed by atoms with Gasteiger partial charge in [-0.1, -0.05) is 18.2 Å². The molecule has 1 fully saturated rings. The van der Waals surface area contributed by atoms with Crippen molar-refractivity contribution >= 4 is 16.8 Å². The lowest BCUT2D eigenvalue weighted by molar-refractivity contribution is -0.132. The Labute approximate surface area is 146 Å². The molecule has 1 aliphatic heterocycles. The van der Waals surface area contributed by atoms with E-state index in [9.17, 15) is 4.79 Å². The number of carbonyl (C=O) groups excluding carboxylic acids is 1. The highest BCUT2D eigenvalue weighted by molar-refractivity contribution is 5.85. The van der Waals surface area contributed by atoms with E-state index in [2.05, 4.69) is 26.8 Å². The summed E-state index contributed by atoms with van der Waals surface area (Å²) < 4.78 is 1.81. The molecule has 0 bridgehead atoms. The summed E-state index contributed by atoms with van der Waals surface area (Å²) in [7, 11) is 0. The fourth-order valence-electron chi connectivity index (χ4n) is 3.48. The predicted molar refractivity (Wildman–Crippen MR) is 95.9 cm³/mol. The van der Waals surface area contributed by atoms with E-state index >= 15 is 0 Å². The number of amides is 1. The summed E-state index contributed by atoms with van der Waals surface area (Å²) >= 11 is 0. The number of rotatable bonds is 4. The molecule has 25 heavy (non-hydrogen) atoms. The van der Waals surface area contributed by atoms with Gasteiger partial charge in [-0.3, -0.25) is 14.5 Å². The average Bonchev–Trinajstić information content (AvgIpc) is 3.22. The molecular weight excluding hydrogens is 314 g/mol. The predicted octanol–water partition coefficient (Wildman–Crippen LogP) is 1.83. The molecule has 1 aromatic carbocycles. The van der Waals surface area contributed by atoms with Crippen LogP contribution in [0, 0.1) is 0 Å². The quantitative estimate of drug-likeness (QED) is 0.763.